The first-order chi connectivity index (χ1) is 8.65. The number of imidazole rings is 1. The Morgan fingerprint density at radius 2 is 2.28 bits per heavy atom. The summed E-state index contributed by atoms with van der Waals surface area (Å²) < 4.78 is 0. The minimum atomic E-state index is -0.203. The van der Waals surface area contributed by atoms with Gasteiger partial charge in [-0.3, -0.25) is 0 Å². The van der Waals surface area contributed by atoms with Crippen LogP contribution in [-0.4, -0.2) is 33.4 Å². The van der Waals surface area contributed by atoms with Crippen LogP contribution in [0.5, 0.6) is 0 Å². The molecule has 5 N–H and O–H groups in total. The van der Waals surface area contributed by atoms with Crippen molar-refractivity contribution in [3.63, 3.8) is 0 Å². The maximum absolute atomic E-state index is 9.44. The van der Waals surface area contributed by atoms with E-state index in [1.54, 1.807) is 18.6 Å². The SMILES string of the molecule is C=C(CO)/C(CO)=C(\C=C/N)C(C)c1c[nH]cn1. The predicted octanol–water partition coefficient (Wildman–Crippen LogP) is 0.823. The molecule has 0 aliphatic rings. The third-order valence-corrected chi connectivity index (χ3v) is 2.83. The molecule has 0 aliphatic carbocycles. The Balaban J connectivity index is 3.22. The largest absolute Gasteiger partial charge is 0.405 e. The van der Waals surface area contributed by atoms with E-state index < -0.39 is 0 Å². The molecule has 1 aromatic rings. The summed E-state index contributed by atoms with van der Waals surface area (Å²) in [7, 11) is 0. The Bertz CT molecular complexity index is 447. The lowest BCUT2D eigenvalue weighted by atomic mass is 9.90. The van der Waals surface area contributed by atoms with Gasteiger partial charge in [0.1, 0.15) is 0 Å². The second kappa shape index (κ2) is 6.78. The van der Waals surface area contributed by atoms with Gasteiger partial charge < -0.3 is 20.9 Å². The quantitative estimate of drug-likeness (QED) is 0.561. The van der Waals surface area contributed by atoms with Crippen LogP contribution in [0.3, 0.4) is 0 Å². The van der Waals surface area contributed by atoms with Crippen molar-refractivity contribution in [1.82, 2.24) is 9.97 Å². The van der Waals surface area contributed by atoms with E-state index in [1.807, 2.05) is 6.92 Å². The minimum Gasteiger partial charge on any atom is -0.405 e. The number of aromatic nitrogens is 2. The monoisotopic (exact) mass is 249 g/mol. The van der Waals surface area contributed by atoms with Gasteiger partial charge in [-0.1, -0.05) is 13.5 Å². The van der Waals surface area contributed by atoms with E-state index in [0.29, 0.717) is 11.1 Å². The summed E-state index contributed by atoms with van der Waals surface area (Å²) in [5.41, 5.74) is 8.14. The zero-order valence-corrected chi connectivity index (χ0v) is 10.4. The highest BCUT2D eigenvalue weighted by atomic mass is 16.3. The van der Waals surface area contributed by atoms with Gasteiger partial charge in [-0.15, -0.1) is 0 Å². The van der Waals surface area contributed by atoms with Crippen LogP contribution in [0.2, 0.25) is 0 Å². The fourth-order valence-electron chi connectivity index (χ4n) is 1.78. The van der Waals surface area contributed by atoms with E-state index in [-0.39, 0.29) is 19.1 Å². The smallest absolute Gasteiger partial charge is 0.0923 e. The number of rotatable bonds is 6. The molecule has 98 valence electrons. The lowest BCUT2D eigenvalue weighted by molar-refractivity contribution is 0.310. The Labute approximate surface area is 106 Å². The highest BCUT2D eigenvalue weighted by molar-refractivity contribution is 5.43. The number of H-pyrrole nitrogens is 1. The fraction of sp³-hybridized carbons (Fsp3) is 0.308. The predicted molar refractivity (Wildman–Crippen MR) is 70.7 cm³/mol. The Morgan fingerprint density at radius 1 is 1.56 bits per heavy atom. The number of aliphatic hydroxyl groups is 2. The highest BCUT2D eigenvalue weighted by Gasteiger charge is 2.16. The van der Waals surface area contributed by atoms with Gasteiger partial charge in [0.2, 0.25) is 0 Å². The minimum absolute atomic E-state index is 0.0542. The third-order valence-electron chi connectivity index (χ3n) is 2.83. The molecular formula is C13H19N3O2. The molecule has 5 nitrogen and oxygen atoms in total. The number of nitrogens with one attached hydrogen (secondary N) is 1. The number of nitrogens with zero attached hydrogens (tertiary/aromatic N) is 1. The Kier molecular flexibility index (Phi) is 5.35. The van der Waals surface area contributed by atoms with E-state index in [2.05, 4.69) is 16.5 Å². The van der Waals surface area contributed by atoms with Crippen LogP contribution in [0.4, 0.5) is 0 Å². The normalized spacial score (nSPS) is 14.6. The van der Waals surface area contributed by atoms with Crippen LogP contribution in [0.25, 0.3) is 0 Å². The second-order valence-electron chi connectivity index (χ2n) is 3.93. The molecule has 0 saturated carbocycles. The molecule has 0 radical (unpaired) electrons. The molecule has 0 aromatic carbocycles. The molecular weight excluding hydrogens is 230 g/mol. The first-order valence-corrected chi connectivity index (χ1v) is 5.65. The Hall–Kier alpha value is -1.85. The molecule has 1 atom stereocenters. The van der Waals surface area contributed by atoms with Gasteiger partial charge in [0.05, 0.1) is 25.2 Å². The fourth-order valence-corrected chi connectivity index (χ4v) is 1.78. The molecule has 5 heteroatoms. The topological polar surface area (TPSA) is 95.2 Å². The highest BCUT2D eigenvalue weighted by Crippen LogP contribution is 2.28. The Morgan fingerprint density at radius 3 is 2.72 bits per heavy atom. The first-order valence-electron chi connectivity index (χ1n) is 5.65. The van der Waals surface area contributed by atoms with Crippen molar-refractivity contribution < 1.29 is 10.2 Å². The van der Waals surface area contributed by atoms with E-state index in [9.17, 15) is 5.11 Å². The summed E-state index contributed by atoms with van der Waals surface area (Å²) in [6, 6.07) is 0. The van der Waals surface area contributed by atoms with Crippen LogP contribution in [0.1, 0.15) is 18.5 Å². The van der Waals surface area contributed by atoms with Crippen LogP contribution in [0, 0.1) is 0 Å². The molecule has 0 spiro atoms. The molecule has 1 aromatic heterocycles. The van der Waals surface area contributed by atoms with Gasteiger partial charge in [-0.05, 0) is 29.0 Å². The molecule has 0 aliphatic heterocycles. The number of hydrogen-bond donors (Lipinski definition) is 4. The molecule has 0 fully saturated rings. The summed E-state index contributed by atoms with van der Waals surface area (Å²) in [5.74, 6) is -0.0542. The molecule has 0 amide bonds. The zero-order valence-electron chi connectivity index (χ0n) is 10.4. The number of aliphatic hydroxyl groups excluding tert-OH is 2. The van der Waals surface area contributed by atoms with Gasteiger partial charge in [0, 0.05) is 12.1 Å². The van der Waals surface area contributed by atoms with E-state index >= 15 is 0 Å². The summed E-state index contributed by atoms with van der Waals surface area (Å²) >= 11 is 0. The number of allylic oxidation sites excluding steroid dienone is 2. The first kappa shape index (κ1) is 14.2. The van der Waals surface area contributed by atoms with Crippen molar-refractivity contribution in [3.8, 4) is 0 Å². The van der Waals surface area contributed by atoms with Crippen LogP contribution < -0.4 is 5.73 Å². The lowest BCUT2D eigenvalue weighted by Gasteiger charge is -2.17. The maximum atomic E-state index is 9.44. The number of hydrogen-bond acceptors (Lipinski definition) is 4. The van der Waals surface area contributed by atoms with Crippen molar-refractivity contribution in [2.24, 2.45) is 5.73 Å². The molecule has 1 rings (SSSR count). The van der Waals surface area contributed by atoms with Gasteiger partial charge in [-0.2, -0.15) is 0 Å². The van der Waals surface area contributed by atoms with Gasteiger partial charge in [0.25, 0.3) is 0 Å². The van der Waals surface area contributed by atoms with E-state index in [1.165, 1.54) is 6.20 Å². The maximum Gasteiger partial charge on any atom is 0.0923 e. The van der Waals surface area contributed by atoms with Gasteiger partial charge in [-0.25, -0.2) is 4.98 Å². The average molecular weight is 249 g/mol. The molecule has 1 heterocycles. The van der Waals surface area contributed by atoms with Crippen LogP contribution in [-0.2, 0) is 0 Å². The third kappa shape index (κ3) is 3.09. The van der Waals surface area contributed by atoms with Crippen molar-refractivity contribution in [2.45, 2.75) is 12.8 Å². The second-order valence-corrected chi connectivity index (χ2v) is 3.93. The molecule has 0 saturated heterocycles. The summed E-state index contributed by atoms with van der Waals surface area (Å²) in [5, 5.41) is 18.6. The van der Waals surface area contributed by atoms with Crippen molar-refractivity contribution in [2.75, 3.05) is 13.2 Å². The number of aromatic amines is 1. The van der Waals surface area contributed by atoms with Gasteiger partial charge >= 0.3 is 0 Å². The average Bonchev–Trinajstić information content (AvgIpc) is 2.91. The van der Waals surface area contributed by atoms with Crippen LogP contribution >= 0.6 is 0 Å². The van der Waals surface area contributed by atoms with Crippen molar-refractivity contribution in [1.29, 1.82) is 0 Å². The van der Waals surface area contributed by atoms with Gasteiger partial charge in [0.15, 0.2) is 0 Å². The summed E-state index contributed by atoms with van der Waals surface area (Å²) in [4.78, 5) is 7.07. The lowest BCUT2D eigenvalue weighted by Crippen LogP contribution is -2.08. The zero-order chi connectivity index (χ0) is 13.5. The summed E-state index contributed by atoms with van der Waals surface area (Å²) in [6.07, 6.45) is 6.48. The van der Waals surface area contributed by atoms with Crippen molar-refractivity contribution in [3.05, 3.63) is 53.8 Å². The molecule has 0 bridgehead atoms. The van der Waals surface area contributed by atoms with E-state index in [0.717, 1.165) is 11.3 Å². The summed E-state index contributed by atoms with van der Waals surface area (Å²) in [6.45, 7) is 5.29. The standard InChI is InChI=1S/C13H19N3O2/c1-9(6-17)12(7-18)11(3-4-14)10(2)13-5-15-8-16-13/h3-5,8,10,17-18H,1,6-7,14H2,2H3,(H,15,16)/b4-3-,12-11+. The van der Waals surface area contributed by atoms with Crippen molar-refractivity contribution >= 4 is 0 Å². The number of nitrogens with two attached hydrogens (primary N) is 1. The molecule has 1 unspecified atom stereocenters. The molecule has 18 heavy (non-hydrogen) atoms. The van der Waals surface area contributed by atoms with E-state index in [4.69, 9.17) is 10.8 Å². The van der Waals surface area contributed by atoms with Crippen LogP contribution in [0.15, 0.2) is 48.1 Å².